The maximum absolute atomic E-state index is 13.2. The highest BCUT2D eigenvalue weighted by molar-refractivity contribution is 6.08. The summed E-state index contributed by atoms with van der Waals surface area (Å²) in [6.45, 7) is 0. The first-order chi connectivity index (χ1) is 17.9. The second-order valence-electron chi connectivity index (χ2n) is 8.94. The van der Waals surface area contributed by atoms with E-state index in [1.165, 1.54) is 5.01 Å². The zero-order chi connectivity index (χ0) is 26.5. The van der Waals surface area contributed by atoms with Gasteiger partial charge >= 0.3 is 0 Å². The number of hydrogen-bond donors (Lipinski definition) is 0. The van der Waals surface area contributed by atoms with E-state index in [1.54, 1.807) is 34.5 Å². The molecule has 1 aliphatic heterocycles. The molecule has 2 aromatic rings. The van der Waals surface area contributed by atoms with Gasteiger partial charge in [0.25, 0.3) is 0 Å². The normalized spacial score (nSPS) is 19.7. The highest BCUT2D eigenvalue weighted by Gasteiger charge is 2.43. The Morgan fingerprint density at radius 2 is 1.59 bits per heavy atom. The molecule has 0 aromatic heterocycles. The van der Waals surface area contributed by atoms with Gasteiger partial charge in [-0.15, -0.1) is 0 Å². The van der Waals surface area contributed by atoms with Crippen molar-refractivity contribution in [3.05, 3.63) is 53.1 Å². The van der Waals surface area contributed by atoms with E-state index in [9.17, 15) is 14.7 Å². The lowest BCUT2D eigenvalue weighted by Crippen LogP contribution is -2.33. The van der Waals surface area contributed by atoms with E-state index in [1.807, 2.05) is 30.3 Å². The Balaban J connectivity index is 1.74. The lowest BCUT2D eigenvalue weighted by molar-refractivity contribution is -0.305. The van der Waals surface area contributed by atoms with Gasteiger partial charge in [0.15, 0.2) is 23.0 Å². The van der Waals surface area contributed by atoms with Crippen LogP contribution in [0.3, 0.4) is 0 Å². The number of allylic oxidation sites excluding steroid dienone is 1. The number of nitrogens with zero attached hydrogens (tertiary/aromatic N) is 2. The Kier molecular flexibility index (Phi) is 8.01. The number of rotatable bonds is 9. The van der Waals surface area contributed by atoms with Crippen LogP contribution in [0.1, 0.15) is 49.3 Å². The third kappa shape index (κ3) is 5.40. The number of carbonyl (C=O) groups excluding carboxylic acids is 2. The molecule has 1 saturated carbocycles. The molecule has 2 atom stereocenters. The van der Waals surface area contributed by atoms with Gasteiger partial charge in [-0.2, -0.15) is 5.10 Å². The Morgan fingerprint density at radius 3 is 2.24 bits per heavy atom. The summed E-state index contributed by atoms with van der Waals surface area (Å²) in [6.07, 6.45) is 4.08. The van der Waals surface area contributed by atoms with Crippen LogP contribution in [0.2, 0.25) is 0 Å². The molecule has 0 spiro atoms. The molecule has 9 heteroatoms. The zero-order valence-electron chi connectivity index (χ0n) is 21.5. The summed E-state index contributed by atoms with van der Waals surface area (Å²) in [5, 5.41) is 17.3. The molecule has 1 fully saturated rings. The average Bonchev–Trinajstić information content (AvgIpc) is 3.32. The van der Waals surface area contributed by atoms with Crippen LogP contribution in [-0.4, -0.2) is 51.0 Å². The Labute approximate surface area is 216 Å². The fraction of sp³-hybridized carbons (Fsp3) is 0.393. The molecule has 196 valence electrons. The molecule has 2 aliphatic rings. The van der Waals surface area contributed by atoms with E-state index < -0.39 is 12.0 Å². The van der Waals surface area contributed by atoms with Crippen molar-refractivity contribution in [1.29, 1.82) is 0 Å². The fourth-order valence-electron chi connectivity index (χ4n) is 5.04. The van der Waals surface area contributed by atoms with Crippen molar-refractivity contribution in [3.8, 4) is 23.0 Å². The minimum atomic E-state index is -1.27. The molecule has 1 amide bonds. The summed E-state index contributed by atoms with van der Waals surface area (Å²) < 4.78 is 21.7. The smallest absolute Gasteiger partial charge is 0.243 e. The van der Waals surface area contributed by atoms with Gasteiger partial charge in [-0.1, -0.05) is 12.1 Å². The molecule has 0 radical (unpaired) electrons. The van der Waals surface area contributed by atoms with Crippen molar-refractivity contribution in [3.63, 3.8) is 0 Å². The first kappa shape index (κ1) is 26.1. The summed E-state index contributed by atoms with van der Waals surface area (Å²) in [6, 6.07) is 10.9. The second-order valence-corrected chi connectivity index (χ2v) is 8.94. The van der Waals surface area contributed by atoms with Crippen LogP contribution in [0.15, 0.2) is 47.1 Å². The van der Waals surface area contributed by atoms with E-state index in [2.05, 4.69) is 6.08 Å². The maximum atomic E-state index is 13.2. The van der Waals surface area contributed by atoms with Gasteiger partial charge in [-0.05, 0) is 72.7 Å². The molecule has 0 N–H and O–H groups in total. The molecule has 0 saturated heterocycles. The van der Waals surface area contributed by atoms with Crippen molar-refractivity contribution < 1.29 is 33.6 Å². The molecular formula is C28H31N2O7-. The molecule has 2 aromatic carbocycles. The third-order valence-electron chi connectivity index (χ3n) is 6.80. The highest BCUT2D eigenvalue weighted by atomic mass is 16.5. The van der Waals surface area contributed by atoms with Crippen LogP contribution in [0.5, 0.6) is 23.0 Å². The van der Waals surface area contributed by atoms with E-state index in [0.717, 1.165) is 41.7 Å². The minimum Gasteiger partial charge on any atom is -0.550 e. The van der Waals surface area contributed by atoms with Gasteiger partial charge < -0.3 is 28.8 Å². The van der Waals surface area contributed by atoms with Crippen molar-refractivity contribution in [2.45, 2.75) is 38.1 Å². The van der Waals surface area contributed by atoms with Crippen LogP contribution in [0.25, 0.3) is 6.08 Å². The van der Waals surface area contributed by atoms with E-state index in [0.29, 0.717) is 23.0 Å². The monoisotopic (exact) mass is 507 g/mol. The maximum Gasteiger partial charge on any atom is 0.243 e. The fourth-order valence-corrected chi connectivity index (χ4v) is 5.04. The van der Waals surface area contributed by atoms with E-state index in [4.69, 9.17) is 24.0 Å². The standard InChI is InChI=1S/C28H32N2O7/c1-34-21-10-8-17(15-23(21)36-3)14-18-6-5-7-20-27(18)29-30(25(31)12-13-26(32)33)28(20)19-9-11-22(35-2)24(16-19)37-4/h8-11,14-16,20,28H,5-7,12-13H2,1-4H3,(H,32,33)/p-1/b18-14+/t20-,28+/m1/s1. The van der Waals surface area contributed by atoms with Crippen molar-refractivity contribution in [1.82, 2.24) is 5.01 Å². The average molecular weight is 508 g/mol. The summed E-state index contributed by atoms with van der Waals surface area (Å²) in [7, 11) is 6.31. The number of amides is 1. The van der Waals surface area contributed by atoms with Crippen LogP contribution in [0.4, 0.5) is 0 Å². The number of methoxy groups -OCH3 is 4. The molecule has 1 heterocycles. The number of aliphatic carboxylic acids is 1. The van der Waals surface area contributed by atoms with E-state index in [-0.39, 0.29) is 24.7 Å². The predicted molar refractivity (Wildman–Crippen MR) is 136 cm³/mol. The van der Waals surface area contributed by atoms with Crippen molar-refractivity contribution >= 4 is 23.7 Å². The predicted octanol–water partition coefficient (Wildman–Crippen LogP) is 3.37. The number of carboxylic acids is 1. The SMILES string of the molecule is COc1ccc(/C=C2\CCC[C@@H]3C2=NN(C(=O)CCC(=O)[O-])[C@H]3c2ccc(OC)c(OC)c2)cc1OC. The van der Waals surface area contributed by atoms with Gasteiger partial charge in [0, 0.05) is 18.3 Å². The third-order valence-corrected chi connectivity index (χ3v) is 6.80. The first-order valence-corrected chi connectivity index (χ1v) is 12.2. The lowest BCUT2D eigenvalue weighted by Gasteiger charge is -2.30. The summed E-state index contributed by atoms with van der Waals surface area (Å²) in [5.41, 5.74) is 3.64. The molecule has 0 unspecified atom stereocenters. The molecule has 37 heavy (non-hydrogen) atoms. The van der Waals surface area contributed by atoms with Gasteiger partial charge in [-0.25, -0.2) is 5.01 Å². The van der Waals surface area contributed by atoms with Gasteiger partial charge in [0.2, 0.25) is 5.91 Å². The van der Waals surface area contributed by atoms with Gasteiger partial charge in [0.05, 0.1) is 40.2 Å². The zero-order valence-corrected chi connectivity index (χ0v) is 21.5. The summed E-state index contributed by atoms with van der Waals surface area (Å²) >= 11 is 0. The van der Waals surface area contributed by atoms with Crippen LogP contribution < -0.4 is 24.1 Å². The first-order valence-electron chi connectivity index (χ1n) is 12.2. The lowest BCUT2D eigenvalue weighted by atomic mass is 9.77. The number of hydrazone groups is 1. The molecule has 0 bridgehead atoms. The van der Waals surface area contributed by atoms with Crippen molar-refractivity contribution in [2.24, 2.45) is 11.0 Å². The Morgan fingerprint density at radius 1 is 0.946 bits per heavy atom. The quantitative estimate of drug-likeness (QED) is 0.512. The second kappa shape index (κ2) is 11.4. The molecule has 4 rings (SSSR count). The number of ether oxygens (including phenoxy) is 4. The highest BCUT2D eigenvalue weighted by Crippen LogP contribution is 2.46. The van der Waals surface area contributed by atoms with Crippen LogP contribution in [-0.2, 0) is 9.59 Å². The minimum absolute atomic E-state index is 0.0508. The van der Waals surface area contributed by atoms with Crippen LogP contribution >= 0.6 is 0 Å². The summed E-state index contributed by atoms with van der Waals surface area (Å²) in [5.74, 6) is 0.712. The Hall–Kier alpha value is -4.01. The van der Waals surface area contributed by atoms with E-state index >= 15 is 0 Å². The van der Waals surface area contributed by atoms with Gasteiger partial charge in [-0.3, -0.25) is 4.79 Å². The number of fused-ring (bicyclic) bond motifs is 1. The molecule has 1 aliphatic carbocycles. The summed E-state index contributed by atoms with van der Waals surface area (Å²) in [4.78, 5) is 24.2. The largest absolute Gasteiger partial charge is 0.550 e. The molecule has 9 nitrogen and oxygen atoms in total. The van der Waals surface area contributed by atoms with Crippen LogP contribution in [0, 0.1) is 5.92 Å². The van der Waals surface area contributed by atoms with Gasteiger partial charge in [0.1, 0.15) is 0 Å². The number of benzene rings is 2. The number of carboxylic acid groups (broad SMARTS) is 1. The molecular weight excluding hydrogens is 476 g/mol. The number of carbonyl (C=O) groups is 2. The topological polar surface area (TPSA) is 110 Å². The Bertz CT molecular complexity index is 1240. The van der Waals surface area contributed by atoms with Crippen molar-refractivity contribution in [2.75, 3.05) is 28.4 Å². The number of hydrogen-bond acceptors (Lipinski definition) is 8.